The molecule has 4 aliphatic rings. The van der Waals surface area contributed by atoms with E-state index in [0.717, 1.165) is 36.6 Å². The van der Waals surface area contributed by atoms with Gasteiger partial charge in [0.15, 0.2) is 5.82 Å². The van der Waals surface area contributed by atoms with Gasteiger partial charge < -0.3 is 24.7 Å². The molecule has 0 bridgehead atoms. The lowest BCUT2D eigenvalue weighted by Gasteiger charge is -2.37. The first kappa shape index (κ1) is 40.7. The van der Waals surface area contributed by atoms with E-state index in [4.69, 9.17) is 20.0 Å². The second-order valence-corrected chi connectivity index (χ2v) is 18.6. The SMILES string of the molecule is Cc1cc(N=C(C2=C(N)CCN(C(=O)c3cc4cc(C5CCOCC5)ccc4n3[C@@]3(c4noc(=O)[nH]4)CC34CC4)[C@H]2C)n2ccn(-c3ccc(NS(C)=O)cc3)c2=O)cc(C)c1F. The van der Waals surface area contributed by atoms with E-state index in [9.17, 15) is 18.2 Å². The third kappa shape index (κ3) is 6.79. The van der Waals surface area contributed by atoms with Crippen molar-refractivity contribution in [2.24, 2.45) is 16.1 Å². The number of ether oxygens (including phenoxy) is 1. The fourth-order valence-electron chi connectivity index (χ4n) is 10.1. The van der Waals surface area contributed by atoms with Gasteiger partial charge in [0.2, 0.25) is 0 Å². The summed E-state index contributed by atoms with van der Waals surface area (Å²) in [5.74, 6) is -0.340. The Balaban J connectivity index is 1.09. The lowest BCUT2D eigenvalue weighted by molar-refractivity contribution is 0.0696. The Bertz CT molecular complexity index is 3010. The topological polar surface area (TPSA) is 188 Å². The number of fused-ring (bicyclic) bond motifs is 1. The smallest absolute Gasteiger partial charge is 0.402 e. The van der Waals surface area contributed by atoms with Gasteiger partial charge in [0.05, 0.1) is 17.4 Å². The molecule has 2 aliphatic carbocycles. The minimum absolute atomic E-state index is 0.179. The van der Waals surface area contributed by atoms with E-state index in [-0.39, 0.29) is 35.9 Å². The number of aryl methyl sites for hydroxylation is 2. The van der Waals surface area contributed by atoms with Crippen molar-refractivity contribution >= 4 is 45.0 Å². The molecule has 3 fully saturated rings. The van der Waals surface area contributed by atoms with Crippen molar-refractivity contribution in [1.82, 2.24) is 28.7 Å². The Morgan fingerprint density at radius 2 is 1.76 bits per heavy atom. The van der Waals surface area contributed by atoms with Gasteiger partial charge in [-0.05, 0) is 130 Å². The molecule has 1 unspecified atom stereocenters. The minimum Gasteiger partial charge on any atom is -0.402 e. The van der Waals surface area contributed by atoms with Crippen molar-refractivity contribution in [2.45, 2.75) is 76.8 Å². The molecule has 0 radical (unpaired) electrons. The number of aromatic amines is 1. The second-order valence-electron chi connectivity index (χ2n) is 17.4. The van der Waals surface area contributed by atoms with Crippen LogP contribution in [0.15, 0.2) is 103 Å². The zero-order chi connectivity index (χ0) is 43.9. The van der Waals surface area contributed by atoms with Crippen LogP contribution in [0.4, 0.5) is 15.8 Å². The first-order valence-electron chi connectivity index (χ1n) is 21.2. The van der Waals surface area contributed by atoms with Crippen LogP contribution in [0.25, 0.3) is 16.6 Å². The van der Waals surface area contributed by atoms with Gasteiger partial charge in [-0.15, -0.1) is 0 Å². The van der Waals surface area contributed by atoms with E-state index < -0.39 is 34.0 Å². The molecule has 326 valence electrons. The van der Waals surface area contributed by atoms with Gasteiger partial charge in [-0.1, -0.05) is 11.2 Å². The van der Waals surface area contributed by atoms with Gasteiger partial charge in [0.1, 0.15) is 33.9 Å². The summed E-state index contributed by atoms with van der Waals surface area (Å²) in [5.41, 5.74) is 11.3. The summed E-state index contributed by atoms with van der Waals surface area (Å²) in [7, 11) is -1.28. The number of nitrogens with zero attached hydrogens (tertiary/aromatic N) is 6. The lowest BCUT2D eigenvalue weighted by atomic mass is 9.91. The molecule has 3 aromatic heterocycles. The van der Waals surface area contributed by atoms with Gasteiger partial charge in [-0.2, -0.15) is 0 Å². The number of benzene rings is 3. The Kier molecular flexibility index (Phi) is 9.82. The number of nitrogens with two attached hydrogens (primary N) is 1. The number of carbonyl (C=O) groups is 1. The number of amides is 1. The number of H-pyrrole nitrogens is 1. The molecule has 1 saturated heterocycles. The summed E-state index contributed by atoms with van der Waals surface area (Å²) in [6.45, 7) is 6.87. The Labute approximate surface area is 364 Å². The van der Waals surface area contributed by atoms with Gasteiger partial charge >= 0.3 is 11.4 Å². The summed E-state index contributed by atoms with van der Waals surface area (Å²) in [4.78, 5) is 52.1. The Morgan fingerprint density at radius 3 is 2.41 bits per heavy atom. The number of carbonyl (C=O) groups excluding carboxylic acids is 1. The van der Waals surface area contributed by atoms with Crippen LogP contribution in [0.2, 0.25) is 0 Å². The summed E-state index contributed by atoms with van der Waals surface area (Å²) in [6, 6.07) is 17.8. The molecule has 15 nitrogen and oxygen atoms in total. The molecule has 63 heavy (non-hydrogen) atoms. The van der Waals surface area contributed by atoms with Crippen LogP contribution < -0.4 is 21.9 Å². The van der Waals surface area contributed by atoms with Crippen LogP contribution in [0.5, 0.6) is 0 Å². The molecule has 4 N–H and O–H groups in total. The van der Waals surface area contributed by atoms with Crippen LogP contribution in [-0.4, -0.2) is 76.7 Å². The van der Waals surface area contributed by atoms with Crippen molar-refractivity contribution in [2.75, 3.05) is 30.7 Å². The lowest BCUT2D eigenvalue weighted by Crippen LogP contribution is -2.49. The number of aliphatic imine (C=N–C) groups is 1. The maximum Gasteiger partial charge on any atom is 0.438 e. The highest BCUT2D eigenvalue weighted by molar-refractivity contribution is 7.85. The molecule has 3 aromatic carbocycles. The van der Waals surface area contributed by atoms with Crippen LogP contribution in [0.1, 0.15) is 84.4 Å². The average Bonchev–Trinajstić information content (AvgIpc) is 3.96. The van der Waals surface area contributed by atoms with Gasteiger partial charge in [-0.3, -0.25) is 23.4 Å². The highest BCUT2D eigenvalue weighted by Gasteiger charge is 2.78. The van der Waals surface area contributed by atoms with E-state index in [1.165, 1.54) is 21.0 Å². The number of rotatable bonds is 9. The average molecular weight is 874 g/mol. The van der Waals surface area contributed by atoms with Crippen LogP contribution >= 0.6 is 0 Å². The number of aromatic nitrogens is 5. The van der Waals surface area contributed by atoms with Gasteiger partial charge in [-0.25, -0.2) is 23.2 Å². The fraction of sp³-hybridized carbons (Fsp3) is 0.370. The normalized spacial score (nSPS) is 21.6. The van der Waals surface area contributed by atoms with E-state index in [1.54, 1.807) is 67.5 Å². The van der Waals surface area contributed by atoms with Crippen LogP contribution in [-0.2, 0) is 21.3 Å². The van der Waals surface area contributed by atoms with Crippen molar-refractivity contribution < 1.29 is 22.7 Å². The summed E-state index contributed by atoms with van der Waals surface area (Å²) in [6.07, 6.45) is 9.37. The number of nitrogens with one attached hydrogen (secondary N) is 2. The molecule has 2 aliphatic heterocycles. The molecule has 10 rings (SSSR count). The van der Waals surface area contributed by atoms with Gasteiger partial charge in [0.25, 0.3) is 5.91 Å². The number of halogens is 1. The molecular formula is C46H48FN9O6S. The van der Waals surface area contributed by atoms with Gasteiger partial charge in [0, 0.05) is 78.1 Å². The minimum atomic E-state index is -1.28. The van der Waals surface area contributed by atoms with Crippen molar-refractivity contribution in [1.29, 1.82) is 0 Å². The molecule has 5 heterocycles. The monoisotopic (exact) mass is 873 g/mol. The summed E-state index contributed by atoms with van der Waals surface area (Å²) in [5, 5.41) is 5.14. The van der Waals surface area contributed by atoms with Crippen LogP contribution in [0.3, 0.4) is 0 Å². The van der Waals surface area contributed by atoms with E-state index >= 15 is 4.79 Å². The summed E-state index contributed by atoms with van der Waals surface area (Å²) < 4.78 is 45.3. The molecule has 6 aromatic rings. The number of imidazole rings is 1. The number of hydrogen-bond acceptors (Lipinski definition) is 9. The zero-order valence-electron chi connectivity index (χ0n) is 35.4. The predicted octanol–water partition coefficient (Wildman–Crippen LogP) is 6.28. The van der Waals surface area contributed by atoms with Crippen molar-refractivity contribution in [3.63, 3.8) is 0 Å². The highest BCUT2D eigenvalue weighted by atomic mass is 32.2. The Morgan fingerprint density at radius 1 is 1.03 bits per heavy atom. The molecule has 2 saturated carbocycles. The van der Waals surface area contributed by atoms with Crippen molar-refractivity contribution in [3.8, 4) is 5.69 Å². The second kappa shape index (κ2) is 15.2. The fourth-order valence-corrected chi connectivity index (χ4v) is 10.6. The molecular weight excluding hydrogens is 826 g/mol. The molecule has 1 amide bonds. The third-order valence-corrected chi connectivity index (χ3v) is 14.1. The third-order valence-electron chi connectivity index (χ3n) is 13.6. The maximum atomic E-state index is 15.5. The first-order chi connectivity index (χ1) is 30.3. The van der Waals surface area contributed by atoms with E-state index in [2.05, 4.69) is 37.6 Å². The van der Waals surface area contributed by atoms with E-state index in [1.807, 2.05) is 13.0 Å². The van der Waals surface area contributed by atoms with E-state index in [0.29, 0.717) is 76.5 Å². The standard InChI is InChI=1S/C46H48FN9O6S/c1-26-21-33(22-27(2)39(26)47)49-40(55-18-17-54(44(55)59)34-8-6-32(7-9-34)52-63(4)60)38-28(3)53(16-11-35(38)48)41(57)37-24-31-23-30(29-12-19-61-20-13-29)5-10-36(31)56(37)46(25-45(46)14-15-45)42-50-43(58)62-51-42/h5-10,17-18,21-24,28-29,52H,11-16,19-20,25,48H2,1-4H3,(H,50,51,58)/t28-,46+,63?/m0/s1. The van der Waals surface area contributed by atoms with Crippen LogP contribution in [0, 0.1) is 25.1 Å². The van der Waals surface area contributed by atoms with Crippen molar-refractivity contribution in [3.05, 3.63) is 139 Å². The molecule has 3 atom stereocenters. The molecule has 1 spiro atoms. The first-order valence-corrected chi connectivity index (χ1v) is 22.8. The molecule has 17 heteroatoms. The summed E-state index contributed by atoms with van der Waals surface area (Å²) >= 11 is 0. The maximum absolute atomic E-state index is 15.5. The zero-order valence-corrected chi connectivity index (χ0v) is 36.3. The quantitative estimate of drug-likeness (QED) is 0.112. The highest BCUT2D eigenvalue weighted by Crippen LogP contribution is 2.79. The predicted molar refractivity (Wildman–Crippen MR) is 238 cm³/mol. The largest absolute Gasteiger partial charge is 0.438 e. The number of anilines is 1. The Hall–Kier alpha value is -6.33. The number of hydrogen-bond donors (Lipinski definition) is 3.